The van der Waals surface area contributed by atoms with Crippen LogP contribution < -0.4 is 16.4 Å². The standard InChI is InChI=1S/C21H34N4O3.2ClH/c1-3-21(4-2,16-22)20(27)23-15-17-6-5-7-18(14-17)24-19(26)8-9-25-10-12-28-13-11-25;;/h5-7,14H,3-4,8-13,15-16,22H2,1-2H3,(H,23,27)(H,24,26);2*1H. The van der Waals surface area contributed by atoms with E-state index in [2.05, 4.69) is 15.5 Å². The van der Waals surface area contributed by atoms with Crippen molar-refractivity contribution in [2.75, 3.05) is 44.7 Å². The van der Waals surface area contributed by atoms with Crippen molar-refractivity contribution in [3.63, 3.8) is 0 Å². The SMILES string of the molecule is CCC(CC)(CN)C(=O)NCc1cccc(NC(=O)CCN2CCOCC2)c1.Cl.Cl. The first kappa shape index (κ1) is 28.6. The van der Waals surface area contributed by atoms with E-state index in [1.807, 2.05) is 38.1 Å². The summed E-state index contributed by atoms with van der Waals surface area (Å²) in [7, 11) is 0. The van der Waals surface area contributed by atoms with Gasteiger partial charge in [-0.15, -0.1) is 24.8 Å². The normalized spacial score (nSPS) is 14.2. The third kappa shape index (κ3) is 8.40. The molecule has 1 fully saturated rings. The first-order valence-electron chi connectivity index (χ1n) is 10.2. The van der Waals surface area contributed by atoms with E-state index in [-0.39, 0.29) is 36.6 Å². The van der Waals surface area contributed by atoms with E-state index < -0.39 is 5.41 Å². The lowest BCUT2D eigenvalue weighted by Crippen LogP contribution is -2.45. The number of amides is 2. The highest BCUT2D eigenvalue weighted by Crippen LogP contribution is 2.25. The fourth-order valence-corrected chi connectivity index (χ4v) is 3.39. The van der Waals surface area contributed by atoms with Crippen LogP contribution >= 0.6 is 24.8 Å². The van der Waals surface area contributed by atoms with Gasteiger partial charge in [-0.2, -0.15) is 0 Å². The molecule has 7 nitrogen and oxygen atoms in total. The number of benzene rings is 1. The number of rotatable bonds is 10. The summed E-state index contributed by atoms with van der Waals surface area (Å²) in [5, 5.41) is 5.93. The van der Waals surface area contributed by atoms with Crippen molar-refractivity contribution in [2.24, 2.45) is 11.1 Å². The molecule has 0 unspecified atom stereocenters. The zero-order chi connectivity index (χ0) is 20.4. The van der Waals surface area contributed by atoms with Gasteiger partial charge in [0.25, 0.3) is 0 Å². The molecule has 4 N–H and O–H groups in total. The number of carbonyl (C=O) groups excluding carboxylic acids is 2. The number of carbonyl (C=O) groups is 2. The molecule has 0 bridgehead atoms. The molecule has 1 aromatic rings. The molecule has 0 aromatic heterocycles. The lowest BCUT2D eigenvalue weighted by molar-refractivity contribution is -0.131. The van der Waals surface area contributed by atoms with Crippen molar-refractivity contribution in [3.8, 4) is 0 Å². The Kier molecular flexibility index (Phi) is 13.9. The Labute approximate surface area is 192 Å². The van der Waals surface area contributed by atoms with E-state index in [1.54, 1.807) is 0 Å². The first-order chi connectivity index (χ1) is 13.5. The van der Waals surface area contributed by atoms with Crippen molar-refractivity contribution < 1.29 is 14.3 Å². The molecule has 172 valence electrons. The summed E-state index contributed by atoms with van der Waals surface area (Å²) < 4.78 is 5.32. The van der Waals surface area contributed by atoms with Crippen LogP contribution in [-0.4, -0.2) is 56.1 Å². The number of nitrogens with two attached hydrogens (primary N) is 1. The van der Waals surface area contributed by atoms with E-state index in [1.165, 1.54) is 0 Å². The number of anilines is 1. The number of nitrogens with one attached hydrogen (secondary N) is 2. The molecule has 2 rings (SSSR count). The van der Waals surface area contributed by atoms with Gasteiger partial charge in [0.15, 0.2) is 0 Å². The molecular weight excluding hydrogens is 427 g/mol. The van der Waals surface area contributed by atoms with Crippen molar-refractivity contribution in [1.29, 1.82) is 0 Å². The minimum Gasteiger partial charge on any atom is -0.379 e. The maximum Gasteiger partial charge on any atom is 0.227 e. The number of hydrogen-bond acceptors (Lipinski definition) is 5. The van der Waals surface area contributed by atoms with Crippen LogP contribution in [-0.2, 0) is 20.9 Å². The Balaban J connectivity index is 0.00000420. The maximum absolute atomic E-state index is 12.6. The fourth-order valence-electron chi connectivity index (χ4n) is 3.39. The second-order valence-electron chi connectivity index (χ2n) is 7.33. The summed E-state index contributed by atoms with van der Waals surface area (Å²) in [6.45, 7) is 8.69. The molecule has 1 aliphatic heterocycles. The monoisotopic (exact) mass is 462 g/mol. The average molecular weight is 463 g/mol. The maximum atomic E-state index is 12.6. The quantitative estimate of drug-likeness (QED) is 0.496. The highest BCUT2D eigenvalue weighted by molar-refractivity contribution is 5.91. The van der Waals surface area contributed by atoms with Crippen LogP contribution in [0, 0.1) is 5.41 Å². The van der Waals surface area contributed by atoms with Gasteiger partial charge in [0, 0.05) is 44.8 Å². The zero-order valence-corrected chi connectivity index (χ0v) is 19.6. The van der Waals surface area contributed by atoms with Crippen LogP contribution in [0.1, 0.15) is 38.7 Å². The van der Waals surface area contributed by atoms with Crippen molar-refractivity contribution in [2.45, 2.75) is 39.7 Å². The van der Waals surface area contributed by atoms with Crippen molar-refractivity contribution in [1.82, 2.24) is 10.2 Å². The minimum atomic E-state index is -0.509. The molecule has 30 heavy (non-hydrogen) atoms. The van der Waals surface area contributed by atoms with E-state index in [9.17, 15) is 9.59 Å². The number of nitrogens with zero attached hydrogens (tertiary/aromatic N) is 1. The molecule has 1 saturated heterocycles. The molecule has 9 heteroatoms. The number of halogens is 2. The minimum absolute atomic E-state index is 0. The van der Waals surface area contributed by atoms with E-state index in [4.69, 9.17) is 10.5 Å². The molecule has 0 spiro atoms. The summed E-state index contributed by atoms with van der Waals surface area (Å²) in [6.07, 6.45) is 1.88. The summed E-state index contributed by atoms with van der Waals surface area (Å²) in [5.41, 5.74) is 7.02. The van der Waals surface area contributed by atoms with Gasteiger partial charge in [0.2, 0.25) is 11.8 Å². The molecule has 0 radical (unpaired) electrons. The molecule has 1 aromatic carbocycles. The molecule has 0 aliphatic carbocycles. The Morgan fingerprint density at radius 1 is 1.17 bits per heavy atom. The van der Waals surface area contributed by atoms with Gasteiger partial charge in [-0.3, -0.25) is 14.5 Å². The van der Waals surface area contributed by atoms with Gasteiger partial charge in [-0.25, -0.2) is 0 Å². The van der Waals surface area contributed by atoms with Gasteiger partial charge in [-0.1, -0.05) is 26.0 Å². The highest BCUT2D eigenvalue weighted by atomic mass is 35.5. The average Bonchev–Trinajstić information content (AvgIpc) is 2.73. The zero-order valence-electron chi connectivity index (χ0n) is 17.9. The Hall–Kier alpha value is -1.38. The van der Waals surface area contributed by atoms with Crippen LogP contribution in [0.25, 0.3) is 0 Å². The van der Waals surface area contributed by atoms with Gasteiger partial charge in [-0.05, 0) is 30.5 Å². The predicted molar refractivity (Wildman–Crippen MR) is 125 cm³/mol. The van der Waals surface area contributed by atoms with Gasteiger partial charge >= 0.3 is 0 Å². The van der Waals surface area contributed by atoms with Crippen molar-refractivity contribution in [3.05, 3.63) is 29.8 Å². The fraction of sp³-hybridized carbons (Fsp3) is 0.619. The van der Waals surface area contributed by atoms with Gasteiger partial charge < -0.3 is 21.1 Å². The van der Waals surface area contributed by atoms with Crippen LogP contribution in [0.15, 0.2) is 24.3 Å². The van der Waals surface area contributed by atoms with E-state index in [0.717, 1.165) is 44.1 Å². The van der Waals surface area contributed by atoms with E-state index in [0.29, 0.717) is 32.4 Å². The number of hydrogen-bond donors (Lipinski definition) is 3. The lowest BCUT2D eigenvalue weighted by atomic mass is 9.81. The van der Waals surface area contributed by atoms with Crippen LogP contribution in [0.5, 0.6) is 0 Å². The summed E-state index contributed by atoms with van der Waals surface area (Å²) in [5.74, 6) is -0.0215. The molecule has 0 atom stereocenters. The second-order valence-corrected chi connectivity index (χ2v) is 7.33. The van der Waals surface area contributed by atoms with Crippen LogP contribution in [0.2, 0.25) is 0 Å². The van der Waals surface area contributed by atoms with E-state index >= 15 is 0 Å². The molecule has 0 saturated carbocycles. The summed E-state index contributed by atoms with van der Waals surface area (Å²) in [4.78, 5) is 27.0. The number of ether oxygens (including phenoxy) is 1. The van der Waals surface area contributed by atoms with Gasteiger partial charge in [0.1, 0.15) is 0 Å². The topological polar surface area (TPSA) is 96.7 Å². The Bertz CT molecular complexity index is 643. The molecular formula is C21H36Cl2N4O3. The predicted octanol–water partition coefficient (Wildman–Crippen LogP) is 2.57. The molecule has 1 heterocycles. The van der Waals surface area contributed by atoms with Crippen LogP contribution in [0.4, 0.5) is 5.69 Å². The number of morpholine rings is 1. The Morgan fingerprint density at radius 2 is 1.83 bits per heavy atom. The first-order valence-corrected chi connectivity index (χ1v) is 10.2. The smallest absolute Gasteiger partial charge is 0.227 e. The summed E-state index contributed by atoms with van der Waals surface area (Å²) in [6, 6.07) is 7.58. The third-order valence-electron chi connectivity index (χ3n) is 5.65. The second kappa shape index (κ2) is 14.6. The molecule has 2 amide bonds. The molecule has 1 aliphatic rings. The van der Waals surface area contributed by atoms with Crippen molar-refractivity contribution >= 4 is 42.3 Å². The lowest BCUT2D eigenvalue weighted by Gasteiger charge is -2.28. The summed E-state index contributed by atoms with van der Waals surface area (Å²) >= 11 is 0. The van der Waals surface area contributed by atoms with Gasteiger partial charge in [0.05, 0.1) is 18.6 Å². The largest absolute Gasteiger partial charge is 0.379 e. The third-order valence-corrected chi connectivity index (χ3v) is 5.65. The van der Waals surface area contributed by atoms with Crippen LogP contribution in [0.3, 0.4) is 0 Å². The highest BCUT2D eigenvalue weighted by Gasteiger charge is 2.32. The Morgan fingerprint density at radius 3 is 2.43 bits per heavy atom.